The number of benzene rings is 1. The maximum atomic E-state index is 12.8. The topological polar surface area (TPSA) is 72.9 Å². The van der Waals surface area contributed by atoms with E-state index < -0.39 is 11.4 Å². The molecule has 2 rings (SSSR count). The predicted molar refractivity (Wildman–Crippen MR) is 101 cm³/mol. The summed E-state index contributed by atoms with van der Waals surface area (Å²) in [5, 5.41) is 0. The number of ketones is 1. The summed E-state index contributed by atoms with van der Waals surface area (Å²) in [5.74, 6) is -0.164. The third kappa shape index (κ3) is 5.81. The van der Waals surface area contributed by atoms with Crippen LogP contribution in [0.4, 0.5) is 0 Å². The Kier molecular flexibility index (Phi) is 7.39. The second kappa shape index (κ2) is 9.53. The Bertz CT molecular complexity index is 662. The molecule has 1 aromatic rings. The largest absolute Gasteiger partial charge is 0.497 e. The van der Waals surface area contributed by atoms with E-state index in [4.69, 9.17) is 9.47 Å². The van der Waals surface area contributed by atoms with Gasteiger partial charge >= 0.3 is 5.97 Å². The van der Waals surface area contributed by atoms with Crippen LogP contribution in [-0.4, -0.2) is 43.3 Å². The molecule has 27 heavy (non-hydrogen) atoms. The zero-order chi connectivity index (χ0) is 19.9. The highest BCUT2D eigenvalue weighted by atomic mass is 16.5. The van der Waals surface area contributed by atoms with E-state index in [1.54, 1.807) is 19.2 Å². The number of amides is 1. The smallest absolute Gasteiger partial charge is 0.325 e. The molecule has 0 atom stereocenters. The van der Waals surface area contributed by atoms with Crippen molar-refractivity contribution in [1.82, 2.24) is 4.90 Å². The Labute approximate surface area is 160 Å². The van der Waals surface area contributed by atoms with Gasteiger partial charge in [0, 0.05) is 12.0 Å². The Hall–Kier alpha value is -2.37. The molecule has 0 spiro atoms. The number of Topliss-reactive ketones (excluding diaryl/α,β-unsaturated/α-hetero) is 1. The van der Waals surface area contributed by atoms with Crippen LogP contribution in [0.25, 0.3) is 0 Å². The van der Waals surface area contributed by atoms with E-state index in [2.05, 4.69) is 0 Å². The molecule has 0 unspecified atom stereocenters. The molecule has 0 N–H and O–H groups in total. The first-order valence-electron chi connectivity index (χ1n) is 9.39. The highest BCUT2D eigenvalue weighted by molar-refractivity contribution is 6.01. The molecule has 0 aliphatic heterocycles. The van der Waals surface area contributed by atoms with Crippen LogP contribution in [0.2, 0.25) is 0 Å². The van der Waals surface area contributed by atoms with Gasteiger partial charge in [-0.05, 0) is 30.5 Å². The van der Waals surface area contributed by atoms with Crippen LogP contribution in [0.1, 0.15) is 51.0 Å². The fraction of sp³-hybridized carbons (Fsp3) is 0.571. The average molecular weight is 375 g/mol. The fourth-order valence-electron chi connectivity index (χ4n) is 3.48. The van der Waals surface area contributed by atoms with Crippen LogP contribution >= 0.6 is 0 Å². The maximum Gasteiger partial charge on any atom is 0.325 e. The second-order valence-corrected chi connectivity index (χ2v) is 7.40. The van der Waals surface area contributed by atoms with Crippen molar-refractivity contribution < 1.29 is 23.9 Å². The molecule has 1 fully saturated rings. The lowest BCUT2D eigenvalue weighted by Gasteiger charge is -2.32. The molecule has 1 aromatic carbocycles. The van der Waals surface area contributed by atoms with Crippen LogP contribution < -0.4 is 4.74 Å². The highest BCUT2D eigenvalue weighted by Crippen LogP contribution is 2.37. The first-order chi connectivity index (χ1) is 12.9. The van der Waals surface area contributed by atoms with Gasteiger partial charge in [0.15, 0.2) is 0 Å². The Morgan fingerprint density at radius 3 is 2.22 bits per heavy atom. The molecule has 0 aromatic heterocycles. The quantitative estimate of drug-likeness (QED) is 0.516. The number of hydrogen-bond donors (Lipinski definition) is 0. The number of hydrogen-bond acceptors (Lipinski definition) is 5. The van der Waals surface area contributed by atoms with Crippen molar-refractivity contribution in [2.45, 2.75) is 52.0 Å². The summed E-state index contributed by atoms with van der Waals surface area (Å²) >= 11 is 0. The molecule has 0 bridgehead atoms. The van der Waals surface area contributed by atoms with Gasteiger partial charge < -0.3 is 14.4 Å². The monoisotopic (exact) mass is 375 g/mol. The SMILES string of the molecule is COC(=O)CN(Cc1ccc(OC)cc1)C(=O)CC(=O)C1(C)CCCCC1. The molecule has 6 heteroatoms. The number of esters is 1. The predicted octanol–water partition coefficient (Wildman–Crippen LogP) is 3.13. The number of ether oxygens (including phenoxy) is 2. The lowest BCUT2D eigenvalue weighted by Crippen LogP contribution is -2.39. The van der Waals surface area contributed by atoms with E-state index in [9.17, 15) is 14.4 Å². The summed E-state index contributed by atoms with van der Waals surface area (Å²) in [5.41, 5.74) is 0.426. The van der Waals surface area contributed by atoms with Gasteiger partial charge in [-0.2, -0.15) is 0 Å². The van der Waals surface area contributed by atoms with E-state index in [0.29, 0.717) is 5.75 Å². The molecule has 0 radical (unpaired) electrons. The minimum absolute atomic E-state index is 0.0307. The molecule has 1 aliphatic carbocycles. The van der Waals surface area contributed by atoms with Crippen LogP contribution in [0.5, 0.6) is 5.75 Å². The standard InChI is InChI=1S/C21H29NO5/c1-21(11-5-4-6-12-21)18(23)13-19(24)22(15-20(25)27-3)14-16-7-9-17(26-2)10-8-16/h7-10H,4-6,11-15H2,1-3H3. The molecule has 148 valence electrons. The number of carbonyl (C=O) groups is 3. The van der Waals surface area contributed by atoms with Crippen molar-refractivity contribution in [3.8, 4) is 5.75 Å². The van der Waals surface area contributed by atoms with Gasteiger partial charge in [-0.1, -0.05) is 38.3 Å². The van der Waals surface area contributed by atoms with Crippen LogP contribution in [0.3, 0.4) is 0 Å². The molecule has 0 heterocycles. The summed E-state index contributed by atoms with van der Waals surface area (Å²) in [6.07, 6.45) is 4.66. The fourth-order valence-corrected chi connectivity index (χ4v) is 3.48. The van der Waals surface area contributed by atoms with Gasteiger partial charge in [0.1, 0.15) is 18.1 Å². The normalized spacial score (nSPS) is 15.7. The lowest BCUT2D eigenvalue weighted by atomic mass is 9.72. The van der Waals surface area contributed by atoms with Crippen molar-refractivity contribution in [2.24, 2.45) is 5.41 Å². The van der Waals surface area contributed by atoms with Crippen molar-refractivity contribution in [1.29, 1.82) is 0 Å². The van der Waals surface area contributed by atoms with Crippen molar-refractivity contribution >= 4 is 17.7 Å². The summed E-state index contributed by atoms with van der Waals surface area (Å²) in [7, 11) is 2.87. The first kappa shape index (κ1) is 20.9. The summed E-state index contributed by atoms with van der Waals surface area (Å²) in [4.78, 5) is 38.7. The Balaban J connectivity index is 2.08. The van der Waals surface area contributed by atoms with Crippen LogP contribution in [0, 0.1) is 5.41 Å². The number of rotatable bonds is 8. The van der Waals surface area contributed by atoms with Gasteiger partial charge in [0.05, 0.1) is 20.6 Å². The van der Waals surface area contributed by atoms with Gasteiger partial charge in [0.25, 0.3) is 0 Å². The second-order valence-electron chi connectivity index (χ2n) is 7.40. The molecule has 1 amide bonds. The zero-order valence-corrected chi connectivity index (χ0v) is 16.5. The molecule has 1 saturated carbocycles. The summed E-state index contributed by atoms with van der Waals surface area (Å²) in [6.45, 7) is 2.02. The Morgan fingerprint density at radius 2 is 1.67 bits per heavy atom. The number of carbonyl (C=O) groups excluding carboxylic acids is 3. The molecule has 1 aliphatic rings. The van der Waals surface area contributed by atoms with Gasteiger partial charge in [0.2, 0.25) is 5.91 Å². The van der Waals surface area contributed by atoms with Crippen LogP contribution in [-0.2, 0) is 25.7 Å². The van der Waals surface area contributed by atoms with Crippen molar-refractivity contribution in [3.63, 3.8) is 0 Å². The summed E-state index contributed by atoms with van der Waals surface area (Å²) in [6, 6.07) is 7.26. The molecular weight excluding hydrogens is 346 g/mol. The third-order valence-electron chi connectivity index (χ3n) is 5.37. The lowest BCUT2D eigenvalue weighted by molar-refractivity contribution is -0.149. The maximum absolute atomic E-state index is 12.8. The molecule has 6 nitrogen and oxygen atoms in total. The van der Waals surface area contributed by atoms with E-state index in [-0.39, 0.29) is 31.2 Å². The molecule has 0 saturated heterocycles. The zero-order valence-electron chi connectivity index (χ0n) is 16.5. The first-order valence-corrected chi connectivity index (χ1v) is 9.39. The number of nitrogens with zero attached hydrogens (tertiary/aromatic N) is 1. The van der Waals surface area contributed by atoms with E-state index in [0.717, 1.165) is 37.7 Å². The van der Waals surface area contributed by atoms with E-state index in [1.165, 1.54) is 12.0 Å². The van der Waals surface area contributed by atoms with Gasteiger partial charge in [-0.15, -0.1) is 0 Å². The van der Waals surface area contributed by atoms with Gasteiger partial charge in [-0.3, -0.25) is 14.4 Å². The molecular formula is C21H29NO5. The minimum atomic E-state index is -0.506. The van der Waals surface area contributed by atoms with E-state index in [1.807, 2.05) is 19.1 Å². The minimum Gasteiger partial charge on any atom is -0.497 e. The summed E-state index contributed by atoms with van der Waals surface area (Å²) < 4.78 is 9.84. The van der Waals surface area contributed by atoms with E-state index >= 15 is 0 Å². The number of methoxy groups -OCH3 is 2. The van der Waals surface area contributed by atoms with Gasteiger partial charge in [-0.25, -0.2) is 0 Å². The van der Waals surface area contributed by atoms with Crippen LogP contribution in [0.15, 0.2) is 24.3 Å². The average Bonchev–Trinajstić information content (AvgIpc) is 2.68. The Morgan fingerprint density at radius 1 is 1.04 bits per heavy atom. The highest BCUT2D eigenvalue weighted by Gasteiger charge is 2.36. The third-order valence-corrected chi connectivity index (χ3v) is 5.37. The van der Waals surface area contributed by atoms with Crippen molar-refractivity contribution in [3.05, 3.63) is 29.8 Å². The van der Waals surface area contributed by atoms with Crippen molar-refractivity contribution in [2.75, 3.05) is 20.8 Å².